The fourth-order valence-electron chi connectivity index (χ4n) is 2.42. The van der Waals surface area contributed by atoms with E-state index in [1.54, 1.807) is 6.07 Å². The van der Waals surface area contributed by atoms with Crippen LogP contribution in [0.25, 0.3) is 0 Å². The molecule has 0 unspecified atom stereocenters. The van der Waals surface area contributed by atoms with E-state index in [9.17, 15) is 4.79 Å². The molecular weight excluding hydrogens is 254 g/mol. The lowest BCUT2D eigenvalue weighted by Gasteiger charge is -2.34. The Bertz CT molecular complexity index is 446. The normalized spacial score (nSPS) is 16.2. The minimum atomic E-state index is 0.0642. The van der Waals surface area contributed by atoms with E-state index in [1.807, 2.05) is 17.9 Å². The van der Waals surface area contributed by atoms with Gasteiger partial charge in [-0.25, -0.2) is 10.8 Å². The Morgan fingerprint density at radius 1 is 1.30 bits per heavy atom. The molecule has 2 rings (SSSR count). The quantitative estimate of drug-likeness (QED) is 0.626. The van der Waals surface area contributed by atoms with Crippen molar-refractivity contribution in [2.75, 3.05) is 38.1 Å². The Hall–Kier alpha value is -1.66. The fraction of sp³-hybridized carbons (Fsp3) is 0.571. The summed E-state index contributed by atoms with van der Waals surface area (Å²) in [6.07, 6.45) is 0.777. The number of piperazine rings is 1. The monoisotopic (exact) mass is 277 g/mol. The first-order valence-corrected chi connectivity index (χ1v) is 7.17. The molecule has 6 heteroatoms. The number of nitrogens with one attached hydrogen (secondary N) is 1. The van der Waals surface area contributed by atoms with E-state index >= 15 is 0 Å². The van der Waals surface area contributed by atoms with Crippen LogP contribution in [-0.4, -0.2) is 53.4 Å². The first-order valence-electron chi connectivity index (χ1n) is 7.17. The number of rotatable bonds is 4. The van der Waals surface area contributed by atoms with Crippen LogP contribution in [0.4, 0.5) is 5.82 Å². The molecule has 6 nitrogen and oxygen atoms in total. The molecule has 20 heavy (non-hydrogen) atoms. The van der Waals surface area contributed by atoms with Gasteiger partial charge in [0.1, 0.15) is 5.82 Å². The maximum Gasteiger partial charge on any atom is 0.254 e. The summed E-state index contributed by atoms with van der Waals surface area (Å²) >= 11 is 0. The molecule has 0 atom stereocenters. The lowest BCUT2D eigenvalue weighted by Crippen LogP contribution is -2.48. The highest BCUT2D eigenvalue weighted by atomic mass is 16.2. The number of hydrogen-bond donors (Lipinski definition) is 2. The highest BCUT2D eigenvalue weighted by Crippen LogP contribution is 2.14. The summed E-state index contributed by atoms with van der Waals surface area (Å²) in [7, 11) is 0. The first-order chi connectivity index (χ1) is 9.67. The molecule has 1 aliphatic heterocycles. The SMILES string of the molecule is CCc1cc(C(=O)N2CCN(CC)CC2)cc(NN)n1. The minimum Gasteiger partial charge on any atom is -0.336 e. The van der Waals surface area contributed by atoms with Crippen molar-refractivity contribution in [1.29, 1.82) is 0 Å². The van der Waals surface area contributed by atoms with Crippen molar-refractivity contribution in [3.8, 4) is 0 Å². The van der Waals surface area contributed by atoms with E-state index in [1.165, 1.54) is 0 Å². The second-order valence-corrected chi connectivity index (χ2v) is 4.96. The van der Waals surface area contributed by atoms with Crippen LogP contribution in [0.3, 0.4) is 0 Å². The topological polar surface area (TPSA) is 74.5 Å². The molecule has 2 heterocycles. The van der Waals surface area contributed by atoms with E-state index in [4.69, 9.17) is 5.84 Å². The number of aromatic nitrogens is 1. The second kappa shape index (κ2) is 6.67. The molecule has 1 aliphatic rings. The second-order valence-electron chi connectivity index (χ2n) is 4.96. The van der Waals surface area contributed by atoms with Gasteiger partial charge < -0.3 is 15.2 Å². The van der Waals surface area contributed by atoms with Crippen molar-refractivity contribution < 1.29 is 4.79 Å². The highest BCUT2D eigenvalue weighted by molar-refractivity contribution is 5.95. The Morgan fingerprint density at radius 2 is 2.00 bits per heavy atom. The highest BCUT2D eigenvalue weighted by Gasteiger charge is 2.22. The van der Waals surface area contributed by atoms with Gasteiger partial charge in [0.2, 0.25) is 0 Å². The largest absolute Gasteiger partial charge is 0.336 e. The van der Waals surface area contributed by atoms with Gasteiger partial charge in [-0.2, -0.15) is 0 Å². The van der Waals surface area contributed by atoms with Gasteiger partial charge in [-0.1, -0.05) is 13.8 Å². The smallest absolute Gasteiger partial charge is 0.254 e. The Labute approximate surface area is 119 Å². The van der Waals surface area contributed by atoms with E-state index in [-0.39, 0.29) is 5.91 Å². The number of anilines is 1. The number of nitrogens with zero attached hydrogens (tertiary/aromatic N) is 3. The number of amides is 1. The zero-order chi connectivity index (χ0) is 14.5. The van der Waals surface area contributed by atoms with E-state index in [0.717, 1.165) is 44.8 Å². The summed E-state index contributed by atoms with van der Waals surface area (Å²) in [4.78, 5) is 21.1. The number of likely N-dealkylation sites (N-methyl/N-ethyl adjacent to an activating group) is 1. The maximum absolute atomic E-state index is 12.5. The molecule has 3 N–H and O–H groups in total. The third-order valence-corrected chi connectivity index (χ3v) is 3.74. The fourth-order valence-corrected chi connectivity index (χ4v) is 2.42. The third-order valence-electron chi connectivity index (χ3n) is 3.74. The number of carbonyl (C=O) groups is 1. The zero-order valence-corrected chi connectivity index (χ0v) is 12.2. The van der Waals surface area contributed by atoms with Crippen LogP contribution in [0.5, 0.6) is 0 Å². The average Bonchev–Trinajstić information content (AvgIpc) is 2.53. The predicted molar refractivity (Wildman–Crippen MR) is 79.4 cm³/mol. The standard InChI is InChI=1S/C14H23N5O/c1-3-12-9-11(10-13(16-12)17-15)14(20)19-7-5-18(4-2)6-8-19/h9-10H,3-8,15H2,1-2H3,(H,16,17). The van der Waals surface area contributed by atoms with Crippen LogP contribution in [0.1, 0.15) is 29.9 Å². The van der Waals surface area contributed by atoms with Crippen LogP contribution in [0.2, 0.25) is 0 Å². The average molecular weight is 277 g/mol. The molecule has 0 aliphatic carbocycles. The Morgan fingerprint density at radius 3 is 2.55 bits per heavy atom. The number of hydrazine groups is 1. The van der Waals surface area contributed by atoms with Gasteiger partial charge >= 0.3 is 0 Å². The zero-order valence-electron chi connectivity index (χ0n) is 12.2. The van der Waals surface area contributed by atoms with Gasteiger partial charge in [-0.05, 0) is 25.1 Å². The van der Waals surface area contributed by atoms with Crippen LogP contribution in [0.15, 0.2) is 12.1 Å². The van der Waals surface area contributed by atoms with E-state index < -0.39 is 0 Å². The number of hydrogen-bond acceptors (Lipinski definition) is 5. The van der Waals surface area contributed by atoms with Gasteiger partial charge in [0.15, 0.2) is 0 Å². The summed E-state index contributed by atoms with van der Waals surface area (Å²) in [6.45, 7) is 8.64. The molecule has 1 fully saturated rings. The number of carbonyl (C=O) groups excluding carboxylic acids is 1. The van der Waals surface area contributed by atoms with Crippen molar-refractivity contribution in [3.05, 3.63) is 23.4 Å². The molecule has 1 amide bonds. The maximum atomic E-state index is 12.5. The minimum absolute atomic E-state index is 0.0642. The molecule has 0 saturated carbocycles. The van der Waals surface area contributed by atoms with E-state index in [0.29, 0.717) is 11.4 Å². The van der Waals surface area contributed by atoms with E-state index in [2.05, 4.69) is 22.2 Å². The van der Waals surface area contributed by atoms with Crippen LogP contribution >= 0.6 is 0 Å². The van der Waals surface area contributed by atoms with Crippen LogP contribution in [0, 0.1) is 0 Å². The number of nitrogen functional groups attached to an aromatic ring is 1. The van der Waals surface area contributed by atoms with Crippen molar-refractivity contribution in [3.63, 3.8) is 0 Å². The first kappa shape index (κ1) is 14.7. The third kappa shape index (κ3) is 3.26. The molecular formula is C14H23N5O. The predicted octanol–water partition coefficient (Wildman–Crippen LogP) is 0.707. The van der Waals surface area contributed by atoms with Gasteiger partial charge in [0.25, 0.3) is 5.91 Å². The van der Waals surface area contributed by atoms with Crippen molar-refractivity contribution in [2.45, 2.75) is 20.3 Å². The number of aryl methyl sites for hydroxylation is 1. The number of nitrogens with two attached hydrogens (primary N) is 1. The van der Waals surface area contributed by atoms with Crippen molar-refractivity contribution in [2.24, 2.45) is 5.84 Å². The van der Waals surface area contributed by atoms with Crippen molar-refractivity contribution >= 4 is 11.7 Å². The molecule has 1 aromatic heterocycles. The molecule has 0 spiro atoms. The molecule has 0 aromatic carbocycles. The number of pyridine rings is 1. The molecule has 110 valence electrons. The molecule has 1 saturated heterocycles. The Kier molecular flexibility index (Phi) is 4.92. The molecule has 1 aromatic rings. The molecule has 0 bridgehead atoms. The van der Waals surface area contributed by atoms with Gasteiger partial charge in [0.05, 0.1) is 0 Å². The Balaban J connectivity index is 2.12. The van der Waals surface area contributed by atoms with Gasteiger partial charge in [-0.15, -0.1) is 0 Å². The molecule has 0 radical (unpaired) electrons. The lowest BCUT2D eigenvalue weighted by molar-refractivity contribution is 0.0643. The van der Waals surface area contributed by atoms with Crippen molar-refractivity contribution in [1.82, 2.24) is 14.8 Å². The lowest BCUT2D eigenvalue weighted by atomic mass is 10.1. The summed E-state index contributed by atoms with van der Waals surface area (Å²) in [5.41, 5.74) is 4.06. The summed E-state index contributed by atoms with van der Waals surface area (Å²) < 4.78 is 0. The summed E-state index contributed by atoms with van der Waals surface area (Å²) in [5.74, 6) is 6.02. The summed E-state index contributed by atoms with van der Waals surface area (Å²) in [5, 5.41) is 0. The van der Waals surface area contributed by atoms with Gasteiger partial charge in [-0.3, -0.25) is 4.79 Å². The van der Waals surface area contributed by atoms with Crippen LogP contribution in [-0.2, 0) is 6.42 Å². The summed E-state index contributed by atoms with van der Waals surface area (Å²) in [6, 6.07) is 3.57. The van der Waals surface area contributed by atoms with Crippen LogP contribution < -0.4 is 11.3 Å². The van der Waals surface area contributed by atoms with Gasteiger partial charge in [0, 0.05) is 37.4 Å².